The summed E-state index contributed by atoms with van der Waals surface area (Å²) in [4.78, 5) is 21.9. The van der Waals surface area contributed by atoms with Crippen LogP contribution in [0.15, 0.2) is 29.1 Å². The predicted molar refractivity (Wildman–Crippen MR) is 79.7 cm³/mol. The van der Waals surface area contributed by atoms with Gasteiger partial charge in [0.25, 0.3) is 5.56 Å². The number of nitrogens with one attached hydrogen (secondary N) is 2. The van der Waals surface area contributed by atoms with Crippen molar-refractivity contribution in [1.82, 2.24) is 20.2 Å². The van der Waals surface area contributed by atoms with Crippen LogP contribution in [0.25, 0.3) is 11.0 Å². The van der Waals surface area contributed by atoms with Gasteiger partial charge in [0.15, 0.2) is 0 Å². The fourth-order valence-corrected chi connectivity index (χ4v) is 2.83. The van der Waals surface area contributed by atoms with Gasteiger partial charge in [0.1, 0.15) is 5.69 Å². The molecule has 1 aliphatic heterocycles. The van der Waals surface area contributed by atoms with Crippen LogP contribution in [-0.2, 0) is 6.54 Å². The Kier molecular flexibility index (Phi) is 3.54. The molecule has 0 amide bonds. The zero-order valence-corrected chi connectivity index (χ0v) is 11.9. The minimum absolute atomic E-state index is 0.0818. The topological polar surface area (TPSA) is 61.0 Å². The van der Waals surface area contributed by atoms with Crippen molar-refractivity contribution in [3.8, 4) is 0 Å². The summed E-state index contributed by atoms with van der Waals surface area (Å²) in [5.74, 6) is 0. The van der Waals surface area contributed by atoms with Crippen LogP contribution < -0.4 is 10.9 Å². The van der Waals surface area contributed by atoms with Gasteiger partial charge in [-0.15, -0.1) is 0 Å². The third-order valence-corrected chi connectivity index (χ3v) is 4.01. The first kappa shape index (κ1) is 13.3. The lowest BCUT2D eigenvalue weighted by Crippen LogP contribution is -2.54. The lowest BCUT2D eigenvalue weighted by atomic mass is 10.1. The van der Waals surface area contributed by atoms with Gasteiger partial charge in [-0.1, -0.05) is 12.1 Å². The summed E-state index contributed by atoms with van der Waals surface area (Å²) in [6.45, 7) is 6.87. The van der Waals surface area contributed by atoms with Crippen LogP contribution in [0.4, 0.5) is 0 Å². The minimum Gasteiger partial charge on any atom is -0.319 e. The smallest absolute Gasteiger partial charge is 0.271 e. The summed E-state index contributed by atoms with van der Waals surface area (Å²) in [6.07, 6.45) is 0. The van der Waals surface area contributed by atoms with Crippen molar-refractivity contribution in [2.45, 2.75) is 32.5 Å². The highest BCUT2D eigenvalue weighted by Crippen LogP contribution is 2.13. The Labute approximate surface area is 118 Å². The van der Waals surface area contributed by atoms with Crippen molar-refractivity contribution in [3.63, 3.8) is 0 Å². The second-order valence-corrected chi connectivity index (χ2v) is 5.56. The lowest BCUT2D eigenvalue weighted by Gasteiger charge is -2.39. The molecule has 2 aromatic rings. The molecule has 20 heavy (non-hydrogen) atoms. The first-order valence-electron chi connectivity index (χ1n) is 7.09. The first-order valence-corrected chi connectivity index (χ1v) is 7.09. The highest BCUT2D eigenvalue weighted by molar-refractivity contribution is 5.73. The number of aromatic amines is 1. The standard InChI is InChI=1S/C15H20N4O/c1-10-7-16-8-11(2)19(10)9-14-15(20)18-13-6-4-3-5-12(13)17-14/h3-6,10-11,16H,7-9H2,1-2H3,(H,18,20). The van der Waals surface area contributed by atoms with Gasteiger partial charge < -0.3 is 10.3 Å². The summed E-state index contributed by atoms with van der Waals surface area (Å²) in [7, 11) is 0. The van der Waals surface area contributed by atoms with Crippen LogP contribution in [0.2, 0.25) is 0 Å². The number of H-pyrrole nitrogens is 1. The van der Waals surface area contributed by atoms with Gasteiger partial charge >= 0.3 is 0 Å². The molecule has 2 heterocycles. The fourth-order valence-electron chi connectivity index (χ4n) is 2.83. The van der Waals surface area contributed by atoms with Crippen LogP contribution in [-0.4, -0.2) is 40.0 Å². The average Bonchev–Trinajstić information content (AvgIpc) is 2.43. The zero-order valence-electron chi connectivity index (χ0n) is 11.9. The Morgan fingerprint density at radius 3 is 2.70 bits per heavy atom. The molecule has 0 radical (unpaired) electrons. The van der Waals surface area contributed by atoms with Crippen molar-refractivity contribution >= 4 is 11.0 Å². The van der Waals surface area contributed by atoms with E-state index in [9.17, 15) is 4.79 Å². The van der Waals surface area contributed by atoms with E-state index in [0.29, 0.717) is 24.3 Å². The Balaban J connectivity index is 1.93. The lowest BCUT2D eigenvalue weighted by molar-refractivity contribution is 0.107. The summed E-state index contributed by atoms with van der Waals surface area (Å²) in [5, 5.41) is 3.40. The monoisotopic (exact) mass is 272 g/mol. The van der Waals surface area contributed by atoms with Gasteiger partial charge in [-0.3, -0.25) is 9.69 Å². The van der Waals surface area contributed by atoms with E-state index in [2.05, 4.69) is 34.0 Å². The van der Waals surface area contributed by atoms with Crippen molar-refractivity contribution in [3.05, 3.63) is 40.3 Å². The summed E-state index contributed by atoms with van der Waals surface area (Å²) >= 11 is 0. The van der Waals surface area contributed by atoms with Gasteiger partial charge in [0.2, 0.25) is 0 Å². The van der Waals surface area contributed by atoms with E-state index in [-0.39, 0.29) is 5.56 Å². The second-order valence-electron chi connectivity index (χ2n) is 5.56. The Hall–Kier alpha value is -1.72. The highest BCUT2D eigenvalue weighted by Gasteiger charge is 2.25. The number of rotatable bonds is 2. The van der Waals surface area contributed by atoms with E-state index in [1.54, 1.807) is 0 Å². The normalized spacial score (nSPS) is 24.1. The van der Waals surface area contributed by atoms with Crippen LogP contribution in [0, 0.1) is 0 Å². The number of para-hydroxylation sites is 2. The van der Waals surface area contributed by atoms with Crippen molar-refractivity contribution in [2.24, 2.45) is 0 Å². The third kappa shape index (κ3) is 2.46. The molecule has 0 spiro atoms. The number of fused-ring (bicyclic) bond motifs is 1. The van der Waals surface area contributed by atoms with Crippen LogP contribution in [0.1, 0.15) is 19.5 Å². The Morgan fingerprint density at radius 2 is 1.95 bits per heavy atom. The molecule has 0 aliphatic carbocycles. The van der Waals surface area contributed by atoms with Gasteiger partial charge in [-0.25, -0.2) is 4.98 Å². The van der Waals surface area contributed by atoms with E-state index in [1.807, 2.05) is 24.3 Å². The first-order chi connectivity index (χ1) is 9.65. The number of aromatic nitrogens is 2. The minimum atomic E-state index is -0.0818. The maximum Gasteiger partial charge on any atom is 0.271 e. The molecule has 1 saturated heterocycles. The quantitative estimate of drug-likeness (QED) is 0.859. The molecule has 5 nitrogen and oxygen atoms in total. The molecule has 1 fully saturated rings. The maximum absolute atomic E-state index is 12.2. The van der Waals surface area contributed by atoms with Crippen molar-refractivity contribution in [2.75, 3.05) is 13.1 Å². The molecule has 1 aliphatic rings. The third-order valence-electron chi connectivity index (χ3n) is 4.01. The predicted octanol–water partition coefficient (Wildman–Crippen LogP) is 1.11. The van der Waals surface area contributed by atoms with Gasteiger partial charge in [-0.05, 0) is 26.0 Å². The second kappa shape index (κ2) is 5.34. The van der Waals surface area contributed by atoms with Crippen LogP contribution in [0.5, 0.6) is 0 Å². The number of benzene rings is 1. The van der Waals surface area contributed by atoms with Gasteiger partial charge in [0.05, 0.1) is 11.0 Å². The van der Waals surface area contributed by atoms with Gasteiger partial charge in [0, 0.05) is 31.7 Å². The zero-order chi connectivity index (χ0) is 14.1. The molecule has 1 aromatic carbocycles. The largest absolute Gasteiger partial charge is 0.319 e. The molecule has 3 rings (SSSR count). The molecule has 5 heteroatoms. The Morgan fingerprint density at radius 1 is 1.25 bits per heavy atom. The average molecular weight is 272 g/mol. The molecule has 2 unspecified atom stereocenters. The number of hydrogen-bond donors (Lipinski definition) is 2. The Bertz CT molecular complexity index is 656. The van der Waals surface area contributed by atoms with Crippen molar-refractivity contribution < 1.29 is 0 Å². The maximum atomic E-state index is 12.2. The highest BCUT2D eigenvalue weighted by atomic mass is 16.1. The molecular weight excluding hydrogens is 252 g/mol. The number of hydrogen-bond acceptors (Lipinski definition) is 4. The van der Waals surface area contributed by atoms with E-state index in [4.69, 9.17) is 0 Å². The molecule has 1 aromatic heterocycles. The van der Waals surface area contributed by atoms with Crippen LogP contribution in [0.3, 0.4) is 0 Å². The SMILES string of the molecule is CC1CNCC(C)N1Cc1nc2ccccc2[nH]c1=O. The molecule has 0 bridgehead atoms. The van der Waals surface area contributed by atoms with Crippen LogP contribution >= 0.6 is 0 Å². The summed E-state index contributed by atoms with van der Waals surface area (Å²) in [6, 6.07) is 8.47. The molecule has 2 atom stereocenters. The molecule has 2 N–H and O–H groups in total. The van der Waals surface area contributed by atoms with Gasteiger partial charge in [-0.2, -0.15) is 0 Å². The van der Waals surface area contributed by atoms with E-state index < -0.39 is 0 Å². The van der Waals surface area contributed by atoms with E-state index >= 15 is 0 Å². The van der Waals surface area contributed by atoms with E-state index in [1.165, 1.54) is 0 Å². The van der Waals surface area contributed by atoms with Crippen molar-refractivity contribution in [1.29, 1.82) is 0 Å². The van der Waals surface area contributed by atoms with E-state index in [0.717, 1.165) is 24.1 Å². The molecular formula is C15H20N4O. The molecule has 0 saturated carbocycles. The fraction of sp³-hybridized carbons (Fsp3) is 0.467. The summed E-state index contributed by atoms with van der Waals surface area (Å²) in [5.41, 5.74) is 2.16. The number of nitrogens with zero attached hydrogens (tertiary/aromatic N) is 2. The summed E-state index contributed by atoms with van der Waals surface area (Å²) < 4.78 is 0. The number of piperazine rings is 1. The molecule has 106 valence electrons.